The van der Waals surface area contributed by atoms with Crippen LogP contribution in [0.5, 0.6) is 5.75 Å². The lowest BCUT2D eigenvalue weighted by molar-refractivity contribution is 0.259. The van der Waals surface area contributed by atoms with Crippen molar-refractivity contribution in [3.63, 3.8) is 0 Å². The van der Waals surface area contributed by atoms with Gasteiger partial charge in [0.05, 0.1) is 5.69 Å². The molecule has 1 aliphatic heterocycles. The van der Waals surface area contributed by atoms with Crippen molar-refractivity contribution in [1.82, 2.24) is 4.90 Å². The van der Waals surface area contributed by atoms with Crippen LogP contribution in [0.4, 0.5) is 10.5 Å². The Morgan fingerprint density at radius 3 is 3.05 bits per heavy atom. The van der Waals surface area contributed by atoms with E-state index in [9.17, 15) is 4.79 Å². The average molecular weight is 300 g/mol. The monoisotopic (exact) mass is 299 g/mol. The number of alkyl halides is 1. The zero-order valence-electron chi connectivity index (χ0n) is 10.4. The van der Waals surface area contributed by atoms with Crippen molar-refractivity contribution in [2.75, 3.05) is 30.7 Å². The van der Waals surface area contributed by atoms with Crippen LogP contribution < -0.4 is 10.1 Å². The molecule has 5 nitrogen and oxygen atoms in total. The van der Waals surface area contributed by atoms with Crippen LogP contribution in [0.2, 0.25) is 0 Å². The van der Waals surface area contributed by atoms with Crippen molar-refractivity contribution in [1.29, 1.82) is 0 Å². The number of halogens is 1. The number of carbonyl (C=O) groups excluding carboxylic acids is 1. The predicted octanol–water partition coefficient (Wildman–Crippen LogP) is 2.83. The Labute approximate surface area is 121 Å². The maximum Gasteiger partial charge on any atom is 0.347 e. The van der Waals surface area contributed by atoms with E-state index in [1.807, 2.05) is 18.0 Å². The molecule has 7 heteroatoms. The zero-order chi connectivity index (χ0) is 13.7. The maximum absolute atomic E-state index is 11.8. The summed E-state index contributed by atoms with van der Waals surface area (Å²) >= 11 is 7.10. The molecule has 2 amide bonds. The van der Waals surface area contributed by atoms with Gasteiger partial charge in [-0.3, -0.25) is 0 Å². The Morgan fingerprint density at radius 2 is 2.37 bits per heavy atom. The Hall–Kier alpha value is -1.40. The van der Waals surface area contributed by atoms with E-state index in [2.05, 4.69) is 10.3 Å². The van der Waals surface area contributed by atoms with Gasteiger partial charge in [-0.05, 0) is 12.1 Å². The number of rotatable bonds is 3. The molecule has 1 aromatic rings. The molecule has 2 rings (SSSR count). The number of anilines is 1. The van der Waals surface area contributed by atoms with Crippen molar-refractivity contribution in [3.8, 4) is 5.75 Å². The number of hydrogen-bond donors (Lipinski definition) is 1. The number of thioether (sulfide) groups is 1. The summed E-state index contributed by atoms with van der Waals surface area (Å²) in [5, 5.41) is 3.42. The number of nitrogens with one attached hydrogen (secondary N) is 1. The van der Waals surface area contributed by atoms with Gasteiger partial charge in [-0.25, -0.2) is 4.79 Å². The molecule has 0 aromatic heterocycles. The van der Waals surface area contributed by atoms with Gasteiger partial charge in [0.2, 0.25) is 0 Å². The number of benzene rings is 1. The van der Waals surface area contributed by atoms with Gasteiger partial charge >= 0.3 is 6.03 Å². The molecular weight excluding hydrogens is 286 g/mol. The lowest BCUT2D eigenvalue weighted by Crippen LogP contribution is -2.20. The standard InChI is InChI=1S/C12H14ClN3O2S/c1-16-6-7-19-12(16)15-11(17)14-9-4-2-3-5-10(9)18-8-13/h2-5H,6-8H2,1H3,(H,14,17)/b15-12-. The minimum Gasteiger partial charge on any atom is -0.476 e. The second-order valence-corrected chi connectivity index (χ2v) is 5.12. The molecule has 19 heavy (non-hydrogen) atoms. The van der Waals surface area contributed by atoms with Crippen LogP contribution in [0.15, 0.2) is 29.3 Å². The third-order valence-corrected chi connectivity index (χ3v) is 3.68. The molecule has 1 fully saturated rings. The van der Waals surface area contributed by atoms with Gasteiger partial charge in [0.1, 0.15) is 5.75 Å². The van der Waals surface area contributed by atoms with E-state index in [1.165, 1.54) is 0 Å². The number of aliphatic imine (C=N–C) groups is 1. The Kier molecular flexibility index (Phi) is 4.93. The summed E-state index contributed by atoms with van der Waals surface area (Å²) in [6.45, 7) is 0.905. The van der Waals surface area contributed by atoms with Crippen LogP contribution in [-0.2, 0) is 0 Å². The molecule has 0 saturated carbocycles. The van der Waals surface area contributed by atoms with Crippen LogP contribution in [0, 0.1) is 0 Å². The van der Waals surface area contributed by atoms with E-state index in [0.29, 0.717) is 11.4 Å². The quantitative estimate of drug-likeness (QED) is 0.872. The van der Waals surface area contributed by atoms with E-state index in [-0.39, 0.29) is 6.07 Å². The average Bonchev–Trinajstić information content (AvgIpc) is 2.78. The summed E-state index contributed by atoms with van der Waals surface area (Å²) in [6, 6.07) is 6.71. The minimum atomic E-state index is -0.415. The van der Waals surface area contributed by atoms with E-state index in [0.717, 1.165) is 17.5 Å². The Bertz CT molecular complexity index is 496. The molecule has 1 saturated heterocycles. The first-order valence-electron chi connectivity index (χ1n) is 5.72. The van der Waals surface area contributed by atoms with Crippen LogP contribution >= 0.6 is 23.4 Å². The summed E-state index contributed by atoms with van der Waals surface area (Å²) in [7, 11) is 1.91. The minimum absolute atomic E-state index is 0.0278. The first kappa shape index (κ1) is 14.0. The smallest absolute Gasteiger partial charge is 0.347 e. The number of amides is 2. The van der Waals surface area contributed by atoms with Crippen LogP contribution in [0.3, 0.4) is 0 Å². The number of nitrogens with zero attached hydrogens (tertiary/aromatic N) is 2. The second-order valence-electron chi connectivity index (χ2n) is 3.84. The molecule has 1 aromatic carbocycles. The van der Waals surface area contributed by atoms with Crippen LogP contribution in [0.25, 0.3) is 0 Å². The number of ether oxygens (including phenoxy) is 1. The van der Waals surface area contributed by atoms with Gasteiger partial charge in [0, 0.05) is 19.3 Å². The second kappa shape index (κ2) is 6.68. The van der Waals surface area contributed by atoms with E-state index < -0.39 is 6.03 Å². The predicted molar refractivity (Wildman–Crippen MR) is 79.3 cm³/mol. The van der Waals surface area contributed by atoms with Gasteiger partial charge in [-0.1, -0.05) is 35.5 Å². The van der Waals surface area contributed by atoms with Gasteiger partial charge < -0.3 is 15.0 Å². The fraction of sp³-hybridized carbons (Fsp3) is 0.333. The van der Waals surface area contributed by atoms with Crippen molar-refractivity contribution >= 4 is 40.2 Å². The van der Waals surface area contributed by atoms with Gasteiger partial charge in [0.25, 0.3) is 0 Å². The van der Waals surface area contributed by atoms with Crippen molar-refractivity contribution < 1.29 is 9.53 Å². The molecule has 102 valence electrons. The summed E-state index contributed by atoms with van der Waals surface area (Å²) < 4.78 is 5.22. The Morgan fingerprint density at radius 1 is 1.58 bits per heavy atom. The zero-order valence-corrected chi connectivity index (χ0v) is 12.0. The first-order valence-corrected chi connectivity index (χ1v) is 7.24. The highest BCUT2D eigenvalue weighted by atomic mass is 35.5. The lowest BCUT2D eigenvalue weighted by Gasteiger charge is -2.11. The van der Waals surface area contributed by atoms with E-state index in [4.69, 9.17) is 16.3 Å². The third kappa shape index (κ3) is 3.78. The third-order valence-electron chi connectivity index (χ3n) is 2.52. The molecule has 0 aliphatic carbocycles. The fourth-order valence-electron chi connectivity index (χ4n) is 1.58. The fourth-order valence-corrected chi connectivity index (χ4v) is 2.71. The Balaban J connectivity index is 2.06. The lowest BCUT2D eigenvalue weighted by atomic mass is 10.3. The number of urea groups is 1. The SMILES string of the molecule is CN1CCS/C1=N\C(=O)Nc1ccccc1OCCl. The van der Waals surface area contributed by atoms with E-state index >= 15 is 0 Å². The highest BCUT2D eigenvalue weighted by molar-refractivity contribution is 8.14. The summed E-state index contributed by atoms with van der Waals surface area (Å²) in [4.78, 5) is 17.8. The van der Waals surface area contributed by atoms with Crippen molar-refractivity contribution in [2.45, 2.75) is 0 Å². The van der Waals surface area contributed by atoms with Crippen LogP contribution in [-0.4, -0.2) is 41.5 Å². The number of hydrogen-bond acceptors (Lipinski definition) is 3. The molecule has 1 aliphatic rings. The molecule has 1 heterocycles. The van der Waals surface area contributed by atoms with Crippen molar-refractivity contribution in [3.05, 3.63) is 24.3 Å². The van der Waals surface area contributed by atoms with Gasteiger partial charge in [-0.2, -0.15) is 4.99 Å². The normalized spacial score (nSPS) is 16.7. The van der Waals surface area contributed by atoms with Crippen LogP contribution in [0.1, 0.15) is 0 Å². The molecule has 0 atom stereocenters. The molecular formula is C12H14ClN3O2S. The molecule has 0 unspecified atom stereocenters. The summed E-state index contributed by atoms with van der Waals surface area (Å²) in [5.41, 5.74) is 0.558. The number of carbonyl (C=O) groups is 1. The molecule has 0 radical (unpaired) electrons. The van der Waals surface area contributed by atoms with Gasteiger partial charge in [0.15, 0.2) is 11.2 Å². The number of para-hydroxylation sites is 2. The highest BCUT2D eigenvalue weighted by Crippen LogP contribution is 2.24. The largest absolute Gasteiger partial charge is 0.476 e. The first-order chi connectivity index (χ1) is 9.20. The highest BCUT2D eigenvalue weighted by Gasteiger charge is 2.17. The molecule has 1 N–H and O–H groups in total. The molecule has 0 bridgehead atoms. The molecule has 0 spiro atoms. The van der Waals surface area contributed by atoms with E-state index in [1.54, 1.807) is 30.0 Å². The maximum atomic E-state index is 11.8. The van der Waals surface area contributed by atoms with Gasteiger partial charge in [-0.15, -0.1) is 0 Å². The number of amidine groups is 1. The van der Waals surface area contributed by atoms with Crippen molar-refractivity contribution in [2.24, 2.45) is 4.99 Å². The topological polar surface area (TPSA) is 53.9 Å². The summed E-state index contributed by atoms with van der Waals surface area (Å²) in [6.07, 6.45) is 0. The summed E-state index contributed by atoms with van der Waals surface area (Å²) in [5.74, 6) is 1.48.